The zero-order valence-corrected chi connectivity index (χ0v) is 28.9. The summed E-state index contributed by atoms with van der Waals surface area (Å²) in [6.07, 6.45) is 1.69. The Labute approximate surface area is 287 Å². The fourth-order valence-corrected chi connectivity index (χ4v) is 6.88. The molecule has 0 aliphatic carbocycles. The van der Waals surface area contributed by atoms with Crippen LogP contribution in [0.1, 0.15) is 63.3 Å². The average molecular weight is 692 g/mol. The van der Waals surface area contributed by atoms with Crippen LogP contribution in [-0.4, -0.2) is 46.8 Å². The second kappa shape index (κ2) is 16.1. The van der Waals surface area contributed by atoms with E-state index in [1.54, 1.807) is 60.7 Å². The smallest absolute Gasteiger partial charge is 0.301 e. The third-order valence-electron chi connectivity index (χ3n) is 7.49. The van der Waals surface area contributed by atoms with Gasteiger partial charge < -0.3 is 19.3 Å². The number of aromatic nitrogens is 2. The first kappa shape index (κ1) is 34.9. The number of aliphatic hydroxyl groups is 1. The van der Waals surface area contributed by atoms with Gasteiger partial charge in [0.15, 0.2) is 15.8 Å². The summed E-state index contributed by atoms with van der Waals surface area (Å²) in [4.78, 5) is 28.8. The van der Waals surface area contributed by atoms with Crippen LogP contribution in [0.2, 0.25) is 0 Å². The summed E-state index contributed by atoms with van der Waals surface area (Å²) in [6.45, 7) is 9.47. The van der Waals surface area contributed by atoms with Crippen molar-refractivity contribution in [2.24, 2.45) is 5.92 Å². The summed E-state index contributed by atoms with van der Waals surface area (Å²) < 4.78 is 32.4. The molecule has 1 aromatic heterocycles. The second-order valence-corrected chi connectivity index (χ2v) is 13.6. The van der Waals surface area contributed by atoms with E-state index in [1.165, 1.54) is 22.7 Å². The van der Waals surface area contributed by atoms with Crippen LogP contribution in [0, 0.1) is 11.7 Å². The van der Waals surface area contributed by atoms with E-state index in [0.29, 0.717) is 69.8 Å². The molecule has 1 unspecified atom stereocenters. The number of hydrogen-bond acceptors (Lipinski definition) is 10. The molecule has 9 nitrogen and oxygen atoms in total. The van der Waals surface area contributed by atoms with E-state index in [4.69, 9.17) is 14.2 Å². The van der Waals surface area contributed by atoms with Crippen molar-refractivity contribution in [1.82, 2.24) is 10.2 Å². The van der Waals surface area contributed by atoms with Gasteiger partial charge in [0, 0.05) is 11.3 Å². The predicted molar refractivity (Wildman–Crippen MR) is 185 cm³/mol. The monoisotopic (exact) mass is 691 g/mol. The summed E-state index contributed by atoms with van der Waals surface area (Å²) in [5, 5.41) is 20.3. The maximum absolute atomic E-state index is 14.2. The summed E-state index contributed by atoms with van der Waals surface area (Å²) in [7, 11) is 0. The molecule has 3 aromatic carbocycles. The first-order chi connectivity index (χ1) is 23.2. The van der Waals surface area contributed by atoms with Gasteiger partial charge in [-0.05, 0) is 79.3 Å². The molecule has 1 atom stereocenters. The molecule has 1 fully saturated rings. The van der Waals surface area contributed by atoms with Crippen molar-refractivity contribution < 1.29 is 33.3 Å². The number of amides is 1. The molecule has 5 rings (SSSR count). The van der Waals surface area contributed by atoms with Crippen LogP contribution in [0.15, 0.2) is 76.6 Å². The van der Waals surface area contributed by atoms with E-state index in [2.05, 4.69) is 24.0 Å². The number of ether oxygens (including phenoxy) is 3. The minimum absolute atomic E-state index is 0.103. The number of carbonyl (C=O) groups excluding carboxylic acids is 2. The molecule has 0 bridgehead atoms. The number of carbonyl (C=O) groups is 2. The van der Waals surface area contributed by atoms with Gasteiger partial charge in [-0.25, -0.2) is 4.39 Å². The lowest BCUT2D eigenvalue weighted by molar-refractivity contribution is -0.132. The van der Waals surface area contributed by atoms with E-state index in [-0.39, 0.29) is 22.3 Å². The third kappa shape index (κ3) is 7.99. The van der Waals surface area contributed by atoms with Crippen molar-refractivity contribution >= 4 is 45.7 Å². The maximum atomic E-state index is 14.2. The Morgan fingerprint density at radius 2 is 1.75 bits per heavy atom. The van der Waals surface area contributed by atoms with Crippen LogP contribution in [0.4, 0.5) is 9.52 Å². The highest BCUT2D eigenvalue weighted by Gasteiger charge is 2.48. The van der Waals surface area contributed by atoms with Crippen molar-refractivity contribution in [2.75, 3.05) is 24.7 Å². The summed E-state index contributed by atoms with van der Waals surface area (Å²) >= 11 is 2.37. The van der Waals surface area contributed by atoms with Crippen molar-refractivity contribution in [3.63, 3.8) is 0 Å². The molecule has 1 aliphatic rings. The lowest BCUT2D eigenvalue weighted by atomic mass is 9.95. The molecule has 48 heavy (non-hydrogen) atoms. The number of hydrogen-bond donors (Lipinski definition) is 1. The molecule has 1 saturated heterocycles. The van der Waals surface area contributed by atoms with Gasteiger partial charge in [-0.15, -0.1) is 10.2 Å². The SMILES string of the molecule is CCCOc1ccc(/C(O)=C2\C(=O)C(=O)N(c3nnc(SCc4ccccc4F)s3)C2c2ccc(OCCC(C)C)c(OCC)c2)cc1. The molecule has 0 saturated carbocycles. The zero-order valence-electron chi connectivity index (χ0n) is 27.3. The molecule has 1 aliphatic heterocycles. The first-order valence-corrected chi connectivity index (χ1v) is 17.6. The Bertz CT molecular complexity index is 1780. The number of nitrogens with zero attached hydrogens (tertiary/aromatic N) is 3. The Balaban J connectivity index is 1.55. The van der Waals surface area contributed by atoms with E-state index >= 15 is 0 Å². The quantitative estimate of drug-likeness (QED) is 0.0434. The molecular weight excluding hydrogens is 654 g/mol. The summed E-state index contributed by atoms with van der Waals surface area (Å²) in [5.41, 5.74) is 1.26. The fraction of sp³-hybridized carbons (Fsp3) is 0.333. The molecule has 0 spiro atoms. The molecule has 4 aromatic rings. The Morgan fingerprint density at radius 3 is 2.46 bits per heavy atom. The number of Topliss-reactive ketones (excluding diaryl/α,β-unsaturated/α-hetero) is 1. The Kier molecular flexibility index (Phi) is 11.7. The van der Waals surface area contributed by atoms with Gasteiger partial charge in [0.2, 0.25) is 5.13 Å². The molecular formula is C36H38FN3O6S2. The van der Waals surface area contributed by atoms with Crippen LogP contribution in [0.5, 0.6) is 17.2 Å². The largest absolute Gasteiger partial charge is 0.507 e. The predicted octanol–water partition coefficient (Wildman–Crippen LogP) is 8.21. The van der Waals surface area contributed by atoms with Crippen molar-refractivity contribution in [3.8, 4) is 17.2 Å². The Morgan fingerprint density at radius 1 is 0.979 bits per heavy atom. The number of benzene rings is 3. The second-order valence-electron chi connectivity index (χ2n) is 11.4. The minimum atomic E-state index is -1.05. The number of anilines is 1. The molecule has 1 amide bonds. The lowest BCUT2D eigenvalue weighted by Crippen LogP contribution is -2.29. The van der Waals surface area contributed by atoms with Gasteiger partial charge in [0.05, 0.1) is 31.4 Å². The fourth-order valence-electron chi connectivity index (χ4n) is 5.03. The van der Waals surface area contributed by atoms with E-state index in [0.717, 1.165) is 24.2 Å². The lowest BCUT2D eigenvalue weighted by Gasteiger charge is -2.24. The van der Waals surface area contributed by atoms with E-state index in [9.17, 15) is 19.1 Å². The van der Waals surface area contributed by atoms with Gasteiger partial charge in [-0.1, -0.05) is 68.1 Å². The van der Waals surface area contributed by atoms with Crippen LogP contribution in [0.25, 0.3) is 5.76 Å². The highest BCUT2D eigenvalue weighted by atomic mass is 32.2. The van der Waals surface area contributed by atoms with Crippen LogP contribution in [-0.2, 0) is 15.3 Å². The van der Waals surface area contributed by atoms with Gasteiger partial charge in [0.1, 0.15) is 17.3 Å². The first-order valence-electron chi connectivity index (χ1n) is 15.8. The van der Waals surface area contributed by atoms with E-state index < -0.39 is 17.7 Å². The van der Waals surface area contributed by atoms with Crippen molar-refractivity contribution in [3.05, 3.63) is 94.8 Å². The van der Waals surface area contributed by atoms with Gasteiger partial charge in [-0.2, -0.15) is 0 Å². The third-order valence-corrected chi connectivity index (χ3v) is 9.60. The highest BCUT2D eigenvalue weighted by molar-refractivity contribution is 8.00. The number of thioether (sulfide) groups is 1. The van der Waals surface area contributed by atoms with E-state index in [1.807, 2.05) is 13.8 Å². The van der Waals surface area contributed by atoms with Crippen LogP contribution < -0.4 is 19.1 Å². The topological polar surface area (TPSA) is 111 Å². The summed E-state index contributed by atoms with van der Waals surface area (Å²) in [5.74, 6) is -0.0381. The summed E-state index contributed by atoms with van der Waals surface area (Å²) in [6, 6.07) is 17.3. The zero-order chi connectivity index (χ0) is 34.2. The van der Waals surface area contributed by atoms with Gasteiger partial charge in [0.25, 0.3) is 5.78 Å². The minimum Gasteiger partial charge on any atom is -0.507 e. The van der Waals surface area contributed by atoms with Crippen LogP contribution in [0.3, 0.4) is 0 Å². The number of halogens is 1. The van der Waals surface area contributed by atoms with Crippen LogP contribution >= 0.6 is 23.1 Å². The van der Waals surface area contributed by atoms with Gasteiger partial charge in [-0.3, -0.25) is 14.5 Å². The average Bonchev–Trinajstić information content (AvgIpc) is 3.65. The Hall–Kier alpha value is -4.42. The molecule has 1 N–H and O–H groups in total. The standard InChI is InChI=1S/C36H38FN3O6S2/c1-5-18-45-26-14-11-23(12-15-26)32(41)30-31(24-13-16-28(29(20-24)44-6-2)46-19-17-22(3)4)40(34(43)33(30)42)35-38-39-36(48-35)47-21-25-9-7-8-10-27(25)37/h7-16,20,22,31,41H,5-6,17-19,21H2,1-4H3/b32-30+. The number of aliphatic hydroxyl groups excluding tert-OH is 1. The molecule has 0 radical (unpaired) electrons. The molecule has 12 heteroatoms. The van der Waals surface area contributed by atoms with Crippen molar-refractivity contribution in [1.29, 1.82) is 0 Å². The van der Waals surface area contributed by atoms with Crippen molar-refractivity contribution in [2.45, 2.75) is 56.7 Å². The molecule has 252 valence electrons. The maximum Gasteiger partial charge on any atom is 0.301 e. The number of rotatable bonds is 15. The number of ketones is 1. The van der Waals surface area contributed by atoms with Gasteiger partial charge >= 0.3 is 5.91 Å². The normalized spacial score (nSPS) is 15.7. The highest BCUT2D eigenvalue weighted by Crippen LogP contribution is 2.46. The molecule has 2 heterocycles.